The number of amides is 1. The third-order valence-electron chi connectivity index (χ3n) is 7.79. The molecule has 1 aromatic heterocycles. The van der Waals surface area contributed by atoms with Crippen LogP contribution in [-0.4, -0.2) is 33.7 Å². The van der Waals surface area contributed by atoms with E-state index in [2.05, 4.69) is 47.9 Å². The van der Waals surface area contributed by atoms with Gasteiger partial charge in [0.2, 0.25) is 0 Å². The Balaban J connectivity index is 1.91. The van der Waals surface area contributed by atoms with Crippen LogP contribution in [0.4, 0.5) is 17.2 Å². The Morgan fingerprint density at radius 1 is 0.875 bits per heavy atom. The van der Waals surface area contributed by atoms with E-state index >= 15 is 0 Å². The predicted molar refractivity (Wildman–Crippen MR) is 166 cm³/mol. The molecule has 2 atom stereocenters. The average Bonchev–Trinajstić information content (AvgIpc) is 3.27. The van der Waals surface area contributed by atoms with Crippen molar-refractivity contribution in [3.63, 3.8) is 0 Å². The van der Waals surface area contributed by atoms with Gasteiger partial charge in [-0.25, -0.2) is 4.68 Å². The number of hydrogen-bond donors (Lipinski definition) is 1. The van der Waals surface area contributed by atoms with E-state index in [9.17, 15) is 4.79 Å². The van der Waals surface area contributed by atoms with Crippen LogP contribution in [0.25, 0.3) is 5.69 Å². The van der Waals surface area contributed by atoms with Gasteiger partial charge in [0, 0.05) is 13.1 Å². The highest BCUT2D eigenvalue weighted by Crippen LogP contribution is 2.32. The fraction of sp³-hybridized carbons (Fsp3) is 0.515. The van der Waals surface area contributed by atoms with E-state index in [-0.39, 0.29) is 5.91 Å². The zero-order valence-corrected chi connectivity index (χ0v) is 25.1. The zero-order valence-electron chi connectivity index (χ0n) is 25.1. The van der Waals surface area contributed by atoms with Crippen LogP contribution in [0.2, 0.25) is 0 Å². The molecular formula is C33H48N6O. The second-order valence-corrected chi connectivity index (χ2v) is 10.8. The summed E-state index contributed by atoms with van der Waals surface area (Å²) in [6.07, 6.45) is 9.16. The van der Waals surface area contributed by atoms with Crippen LogP contribution in [0.15, 0.2) is 64.8 Å². The number of unbranched alkanes of at least 4 members (excludes halogenated alkanes) is 2. The Morgan fingerprint density at radius 2 is 1.45 bits per heavy atom. The molecule has 0 saturated carbocycles. The van der Waals surface area contributed by atoms with Crippen LogP contribution < -0.4 is 5.73 Å². The van der Waals surface area contributed by atoms with E-state index in [1.165, 1.54) is 25.7 Å². The number of nitrogen functional groups attached to an aromatic ring is 1. The molecule has 3 rings (SSSR count). The molecule has 0 radical (unpaired) electrons. The van der Waals surface area contributed by atoms with Crippen LogP contribution in [-0.2, 0) is 0 Å². The number of azo groups is 1. The van der Waals surface area contributed by atoms with Gasteiger partial charge in [0.15, 0.2) is 11.5 Å². The maximum Gasteiger partial charge on any atom is 0.256 e. The molecular weight excluding hydrogens is 496 g/mol. The van der Waals surface area contributed by atoms with Crippen molar-refractivity contribution in [3.05, 3.63) is 65.9 Å². The second-order valence-electron chi connectivity index (χ2n) is 10.8. The largest absolute Gasteiger partial charge is 0.382 e. The summed E-state index contributed by atoms with van der Waals surface area (Å²) < 4.78 is 1.67. The van der Waals surface area contributed by atoms with Crippen molar-refractivity contribution < 1.29 is 4.79 Å². The zero-order chi connectivity index (χ0) is 28.9. The van der Waals surface area contributed by atoms with Gasteiger partial charge in [-0.2, -0.15) is 5.10 Å². The molecule has 0 fully saturated rings. The minimum absolute atomic E-state index is 0.0316. The Morgan fingerprint density at radius 3 is 2.02 bits per heavy atom. The highest BCUT2D eigenvalue weighted by atomic mass is 16.2. The van der Waals surface area contributed by atoms with Gasteiger partial charge in [-0.3, -0.25) is 4.79 Å². The summed E-state index contributed by atoms with van der Waals surface area (Å²) in [5.74, 6) is 1.44. The van der Waals surface area contributed by atoms with Gasteiger partial charge in [-0.15, -0.1) is 10.2 Å². The molecule has 0 aliphatic carbocycles. The first-order valence-electron chi connectivity index (χ1n) is 15.1. The van der Waals surface area contributed by atoms with Crippen molar-refractivity contribution in [1.82, 2.24) is 14.7 Å². The van der Waals surface area contributed by atoms with Crippen LogP contribution in [0.1, 0.15) is 95.1 Å². The highest BCUT2D eigenvalue weighted by Gasteiger charge is 2.24. The lowest BCUT2D eigenvalue weighted by molar-refractivity contribution is 0.0685. The van der Waals surface area contributed by atoms with E-state index in [1.54, 1.807) is 4.68 Å². The van der Waals surface area contributed by atoms with E-state index in [0.29, 0.717) is 40.3 Å². The molecule has 3 aromatic rings. The molecule has 40 heavy (non-hydrogen) atoms. The number of para-hydroxylation sites is 1. The number of nitrogens with two attached hydrogens (primary N) is 1. The van der Waals surface area contributed by atoms with Gasteiger partial charge in [-0.1, -0.05) is 96.6 Å². The van der Waals surface area contributed by atoms with Crippen LogP contribution in [0.3, 0.4) is 0 Å². The lowest BCUT2D eigenvalue weighted by Crippen LogP contribution is -2.39. The fourth-order valence-corrected chi connectivity index (χ4v) is 5.14. The number of carbonyl (C=O) groups is 1. The first-order chi connectivity index (χ1) is 19.4. The van der Waals surface area contributed by atoms with Gasteiger partial charge in [0.25, 0.3) is 5.91 Å². The summed E-state index contributed by atoms with van der Waals surface area (Å²) in [6.45, 7) is 12.4. The maximum absolute atomic E-state index is 14.1. The number of rotatable bonds is 16. The van der Waals surface area contributed by atoms with Crippen molar-refractivity contribution in [2.75, 3.05) is 18.8 Å². The first-order valence-corrected chi connectivity index (χ1v) is 15.1. The number of anilines is 1. The molecule has 0 saturated heterocycles. The average molecular weight is 545 g/mol. The van der Waals surface area contributed by atoms with Gasteiger partial charge < -0.3 is 10.6 Å². The summed E-state index contributed by atoms with van der Waals surface area (Å²) in [6, 6.07) is 17.2. The molecule has 0 aliphatic heterocycles. The predicted octanol–water partition coefficient (Wildman–Crippen LogP) is 9.05. The lowest BCUT2D eigenvalue weighted by atomic mass is 9.95. The smallest absolute Gasteiger partial charge is 0.256 e. The fourth-order valence-electron chi connectivity index (χ4n) is 5.14. The minimum Gasteiger partial charge on any atom is -0.382 e. The van der Waals surface area contributed by atoms with Crippen molar-refractivity contribution in [2.24, 2.45) is 22.1 Å². The van der Waals surface area contributed by atoms with Crippen LogP contribution >= 0.6 is 0 Å². The Bertz CT molecular complexity index is 1200. The standard InChI is InChI=1S/C33H48N6O/c1-6-10-17-26(8-3)23-38(24-27(9-4)18-11-7-2)33(40)29-21-15-16-22-30(29)35-36-31-25(5)37-39(32(31)34)28-19-13-12-14-20-28/h12-16,19-22,26-27H,6-11,17-18,23-24,34H2,1-5H3. The Labute approximate surface area is 240 Å². The molecule has 7 heteroatoms. The molecule has 216 valence electrons. The van der Waals surface area contributed by atoms with Gasteiger partial charge in [-0.05, 0) is 55.9 Å². The van der Waals surface area contributed by atoms with Crippen molar-refractivity contribution in [1.29, 1.82) is 0 Å². The Hall–Kier alpha value is -3.48. The number of benzene rings is 2. The van der Waals surface area contributed by atoms with Crippen LogP contribution in [0, 0.1) is 18.8 Å². The van der Waals surface area contributed by atoms with Gasteiger partial charge in [0.1, 0.15) is 0 Å². The molecule has 0 bridgehead atoms. The minimum atomic E-state index is 0.0316. The monoisotopic (exact) mass is 544 g/mol. The summed E-state index contributed by atoms with van der Waals surface area (Å²) in [5, 5.41) is 13.6. The third kappa shape index (κ3) is 8.26. The maximum atomic E-state index is 14.1. The number of aryl methyl sites for hydroxylation is 1. The number of nitrogens with zero attached hydrogens (tertiary/aromatic N) is 5. The molecule has 1 heterocycles. The summed E-state index contributed by atoms with van der Waals surface area (Å²) in [7, 11) is 0. The molecule has 0 aliphatic rings. The lowest BCUT2D eigenvalue weighted by Gasteiger charge is -2.31. The topological polar surface area (TPSA) is 88.9 Å². The van der Waals surface area contributed by atoms with E-state index in [1.807, 2.05) is 61.5 Å². The summed E-state index contributed by atoms with van der Waals surface area (Å²) >= 11 is 0. The molecule has 2 aromatic carbocycles. The molecule has 7 nitrogen and oxygen atoms in total. The van der Waals surface area contributed by atoms with Crippen molar-refractivity contribution >= 4 is 23.1 Å². The van der Waals surface area contributed by atoms with E-state index in [0.717, 1.165) is 44.5 Å². The van der Waals surface area contributed by atoms with Gasteiger partial charge in [0.05, 0.1) is 22.6 Å². The summed E-state index contributed by atoms with van der Waals surface area (Å²) in [5.41, 5.74) is 9.62. The second kappa shape index (κ2) is 15.9. The molecule has 1 amide bonds. The number of carbonyl (C=O) groups excluding carboxylic acids is 1. The number of aromatic nitrogens is 2. The molecule has 2 N–H and O–H groups in total. The molecule has 0 spiro atoms. The first kappa shape index (κ1) is 31.1. The van der Waals surface area contributed by atoms with Crippen molar-refractivity contribution in [2.45, 2.75) is 86.0 Å². The normalized spacial score (nSPS) is 13.0. The van der Waals surface area contributed by atoms with Crippen molar-refractivity contribution in [3.8, 4) is 5.69 Å². The van der Waals surface area contributed by atoms with Crippen LogP contribution in [0.5, 0.6) is 0 Å². The summed E-state index contributed by atoms with van der Waals surface area (Å²) in [4.78, 5) is 16.2. The SMILES string of the molecule is CCCCC(CC)CN(CC(CC)CCCC)C(=O)c1ccccc1N=Nc1c(C)nn(-c2ccccc2)c1N. The third-order valence-corrected chi connectivity index (χ3v) is 7.79. The highest BCUT2D eigenvalue weighted by molar-refractivity contribution is 5.99. The molecule has 2 unspecified atom stereocenters. The van der Waals surface area contributed by atoms with E-state index < -0.39 is 0 Å². The quantitative estimate of drug-likeness (QED) is 0.182. The Kier molecular flexibility index (Phi) is 12.4. The number of hydrogen-bond acceptors (Lipinski definition) is 5. The van der Waals surface area contributed by atoms with Gasteiger partial charge >= 0.3 is 0 Å². The van der Waals surface area contributed by atoms with E-state index in [4.69, 9.17) is 5.73 Å².